The average molecular weight is 448 g/mol. The quantitative estimate of drug-likeness (QED) is 0.544. The summed E-state index contributed by atoms with van der Waals surface area (Å²) in [7, 11) is 0. The largest absolute Gasteiger partial charge is 0.416 e. The topological polar surface area (TPSA) is 75.3 Å². The number of nitrogens with one attached hydrogen (secondary N) is 2. The second-order valence-electron chi connectivity index (χ2n) is 7.93. The lowest BCUT2D eigenvalue weighted by molar-refractivity contribution is -0.137. The summed E-state index contributed by atoms with van der Waals surface area (Å²) in [5, 5.41) is 5.29. The first-order valence-corrected chi connectivity index (χ1v) is 10.3. The Balaban J connectivity index is 1.94. The number of carbonyl (C=O) groups is 3. The molecule has 0 spiro atoms. The Morgan fingerprint density at radius 1 is 0.969 bits per heavy atom. The third-order valence-corrected chi connectivity index (χ3v) is 4.95. The molecule has 2 rings (SSSR count). The zero-order chi connectivity index (χ0) is 23.7. The number of hydrogen-bond donors (Lipinski definition) is 2. The normalized spacial score (nSPS) is 13.3. The van der Waals surface area contributed by atoms with Gasteiger partial charge < -0.3 is 15.4 Å². The molecule has 0 saturated heterocycles. The molecule has 0 fully saturated rings. The van der Waals surface area contributed by atoms with Crippen LogP contribution in [0.5, 0.6) is 0 Å². The van der Waals surface area contributed by atoms with Crippen molar-refractivity contribution >= 4 is 18.1 Å². The Hall–Kier alpha value is -3.16. The van der Waals surface area contributed by atoms with E-state index in [4.69, 9.17) is 0 Å². The van der Waals surface area contributed by atoms with Crippen molar-refractivity contribution in [2.45, 2.75) is 51.4 Å². The second-order valence-corrected chi connectivity index (χ2v) is 7.93. The van der Waals surface area contributed by atoms with Crippen molar-refractivity contribution in [3.63, 3.8) is 0 Å². The lowest BCUT2D eigenvalue weighted by atomic mass is 10.0. The van der Waals surface area contributed by atoms with E-state index in [-0.39, 0.29) is 18.8 Å². The van der Waals surface area contributed by atoms with Crippen molar-refractivity contribution in [3.05, 3.63) is 71.3 Å². The molecule has 0 aliphatic carbocycles. The molecule has 2 aromatic rings. The van der Waals surface area contributed by atoms with Crippen LogP contribution in [0.3, 0.4) is 0 Å². The van der Waals surface area contributed by atoms with Gasteiger partial charge in [-0.3, -0.25) is 9.59 Å². The van der Waals surface area contributed by atoms with Crippen molar-refractivity contribution in [2.75, 3.05) is 0 Å². The Morgan fingerprint density at radius 2 is 1.62 bits per heavy atom. The summed E-state index contributed by atoms with van der Waals surface area (Å²) < 4.78 is 38.5. The second kappa shape index (κ2) is 11.5. The van der Waals surface area contributed by atoms with Crippen LogP contribution in [0, 0.1) is 5.92 Å². The number of halogens is 3. The molecular formula is C24H27F3N2O3. The molecule has 0 heterocycles. The molecule has 2 N–H and O–H groups in total. The van der Waals surface area contributed by atoms with Gasteiger partial charge in [-0.15, -0.1) is 0 Å². The summed E-state index contributed by atoms with van der Waals surface area (Å²) in [5.41, 5.74) is 0.494. The van der Waals surface area contributed by atoms with Crippen LogP contribution in [0.4, 0.5) is 13.2 Å². The summed E-state index contributed by atoms with van der Waals surface area (Å²) in [5.74, 6) is -1.20. The van der Waals surface area contributed by atoms with Crippen LogP contribution in [0.1, 0.15) is 37.0 Å². The van der Waals surface area contributed by atoms with E-state index in [1.165, 1.54) is 12.1 Å². The van der Waals surface area contributed by atoms with Crippen molar-refractivity contribution < 1.29 is 27.6 Å². The van der Waals surface area contributed by atoms with Crippen LogP contribution >= 0.6 is 0 Å². The zero-order valence-corrected chi connectivity index (χ0v) is 18.0. The standard InChI is InChI=1S/C24H27F3N2O3/c1-16(2)22(23(32)28-20(15-30)14-17-7-4-3-5-8-17)29-21(31)12-11-18-9-6-10-19(13-18)24(25,26)27/h3-10,13,15-16,20,22H,11-12,14H2,1-2H3,(H,28,32)(H,29,31). The maximum absolute atomic E-state index is 12.8. The van der Waals surface area contributed by atoms with Crippen LogP contribution in [0.2, 0.25) is 0 Å². The van der Waals surface area contributed by atoms with E-state index in [1.807, 2.05) is 30.3 Å². The molecule has 172 valence electrons. The summed E-state index contributed by atoms with van der Waals surface area (Å²) in [4.78, 5) is 36.5. The van der Waals surface area contributed by atoms with E-state index >= 15 is 0 Å². The molecule has 0 bridgehead atoms. The lowest BCUT2D eigenvalue weighted by Gasteiger charge is -2.23. The molecule has 0 radical (unpaired) electrons. The van der Waals surface area contributed by atoms with Gasteiger partial charge in [-0.25, -0.2) is 0 Å². The van der Waals surface area contributed by atoms with Gasteiger partial charge in [0.2, 0.25) is 11.8 Å². The molecule has 2 unspecified atom stereocenters. The minimum atomic E-state index is -4.45. The third kappa shape index (κ3) is 7.83. The molecule has 2 amide bonds. The monoisotopic (exact) mass is 448 g/mol. The van der Waals surface area contributed by atoms with E-state index in [0.29, 0.717) is 18.3 Å². The van der Waals surface area contributed by atoms with Crippen molar-refractivity contribution in [3.8, 4) is 0 Å². The van der Waals surface area contributed by atoms with E-state index in [2.05, 4.69) is 10.6 Å². The maximum Gasteiger partial charge on any atom is 0.416 e. The highest BCUT2D eigenvalue weighted by Crippen LogP contribution is 2.29. The van der Waals surface area contributed by atoms with Gasteiger partial charge in [0.25, 0.3) is 0 Å². The summed E-state index contributed by atoms with van der Waals surface area (Å²) in [6.45, 7) is 3.51. The SMILES string of the molecule is CC(C)C(NC(=O)CCc1cccc(C(F)(F)F)c1)C(=O)NC(C=O)Cc1ccccc1. The fourth-order valence-corrected chi connectivity index (χ4v) is 3.22. The highest BCUT2D eigenvalue weighted by Gasteiger charge is 2.30. The average Bonchev–Trinajstić information content (AvgIpc) is 2.75. The predicted octanol–water partition coefficient (Wildman–Crippen LogP) is 3.71. The molecule has 0 saturated carbocycles. The Morgan fingerprint density at radius 3 is 2.22 bits per heavy atom. The summed E-state index contributed by atoms with van der Waals surface area (Å²) in [6.07, 6.45) is -3.44. The number of amides is 2. The smallest absolute Gasteiger partial charge is 0.344 e. The Bertz CT molecular complexity index is 914. The summed E-state index contributed by atoms with van der Waals surface area (Å²) in [6, 6.07) is 12.4. The molecule has 8 heteroatoms. The third-order valence-electron chi connectivity index (χ3n) is 4.95. The van der Waals surface area contributed by atoms with Gasteiger partial charge in [0, 0.05) is 6.42 Å². The molecule has 0 aliphatic heterocycles. The van der Waals surface area contributed by atoms with E-state index < -0.39 is 35.6 Å². The molecule has 2 atom stereocenters. The molecule has 0 aromatic heterocycles. The van der Waals surface area contributed by atoms with Gasteiger partial charge in [0.1, 0.15) is 12.3 Å². The number of alkyl halides is 3. The number of rotatable bonds is 10. The predicted molar refractivity (Wildman–Crippen MR) is 115 cm³/mol. The lowest BCUT2D eigenvalue weighted by Crippen LogP contribution is -2.52. The first-order chi connectivity index (χ1) is 15.1. The number of benzene rings is 2. The summed E-state index contributed by atoms with van der Waals surface area (Å²) >= 11 is 0. The Labute approximate surface area is 185 Å². The van der Waals surface area contributed by atoms with Crippen LogP contribution in [0.15, 0.2) is 54.6 Å². The number of aryl methyl sites for hydroxylation is 1. The highest BCUT2D eigenvalue weighted by atomic mass is 19.4. The van der Waals surface area contributed by atoms with Gasteiger partial charge in [-0.05, 0) is 36.0 Å². The number of aldehydes is 1. The van der Waals surface area contributed by atoms with Crippen LogP contribution in [-0.4, -0.2) is 30.2 Å². The first kappa shape index (κ1) is 25.1. The fourth-order valence-electron chi connectivity index (χ4n) is 3.22. The highest BCUT2D eigenvalue weighted by molar-refractivity contribution is 5.89. The fraction of sp³-hybridized carbons (Fsp3) is 0.375. The van der Waals surface area contributed by atoms with Crippen LogP contribution in [-0.2, 0) is 33.4 Å². The van der Waals surface area contributed by atoms with Gasteiger partial charge in [-0.2, -0.15) is 13.2 Å². The van der Waals surface area contributed by atoms with Gasteiger partial charge in [-0.1, -0.05) is 62.4 Å². The van der Waals surface area contributed by atoms with E-state index in [9.17, 15) is 27.6 Å². The minimum Gasteiger partial charge on any atom is -0.344 e. The van der Waals surface area contributed by atoms with Gasteiger partial charge in [0.05, 0.1) is 11.6 Å². The van der Waals surface area contributed by atoms with Crippen LogP contribution in [0.25, 0.3) is 0 Å². The van der Waals surface area contributed by atoms with Crippen molar-refractivity contribution in [2.24, 2.45) is 5.92 Å². The molecule has 2 aromatic carbocycles. The van der Waals surface area contributed by atoms with Crippen molar-refractivity contribution in [1.29, 1.82) is 0 Å². The van der Waals surface area contributed by atoms with Crippen molar-refractivity contribution in [1.82, 2.24) is 10.6 Å². The van der Waals surface area contributed by atoms with Crippen LogP contribution < -0.4 is 10.6 Å². The first-order valence-electron chi connectivity index (χ1n) is 10.3. The molecule has 5 nitrogen and oxygen atoms in total. The number of hydrogen-bond acceptors (Lipinski definition) is 3. The zero-order valence-electron chi connectivity index (χ0n) is 18.0. The van der Waals surface area contributed by atoms with E-state index in [1.54, 1.807) is 13.8 Å². The molecule has 32 heavy (non-hydrogen) atoms. The minimum absolute atomic E-state index is 0.0705. The van der Waals surface area contributed by atoms with Gasteiger partial charge in [0.15, 0.2) is 0 Å². The molecule has 0 aliphatic rings. The Kier molecular flexibility index (Phi) is 8.99. The van der Waals surface area contributed by atoms with Gasteiger partial charge >= 0.3 is 6.18 Å². The maximum atomic E-state index is 12.8. The number of carbonyl (C=O) groups excluding carboxylic acids is 3. The molecular weight excluding hydrogens is 421 g/mol. The van der Waals surface area contributed by atoms with E-state index in [0.717, 1.165) is 17.7 Å².